The van der Waals surface area contributed by atoms with Crippen LogP contribution in [0.15, 0.2) is 30.3 Å². The molecule has 1 aromatic carbocycles. The smallest absolute Gasteiger partial charge is 0.357 e. The second-order valence-corrected chi connectivity index (χ2v) is 8.25. The Bertz CT molecular complexity index is 1030. The lowest BCUT2D eigenvalue weighted by Crippen LogP contribution is -2.33. The van der Waals surface area contributed by atoms with Crippen LogP contribution in [-0.4, -0.2) is 23.2 Å². The fourth-order valence-electron chi connectivity index (χ4n) is 3.53. The molecule has 0 amide bonds. The van der Waals surface area contributed by atoms with Crippen LogP contribution in [0.1, 0.15) is 42.4 Å². The Morgan fingerprint density at radius 3 is 2.74 bits per heavy atom. The van der Waals surface area contributed by atoms with E-state index in [1.165, 1.54) is 11.3 Å². The van der Waals surface area contributed by atoms with Crippen molar-refractivity contribution in [3.8, 4) is 10.4 Å². The summed E-state index contributed by atoms with van der Waals surface area (Å²) in [5.41, 5.74) is 10.2. The van der Waals surface area contributed by atoms with E-state index in [2.05, 4.69) is 4.98 Å². The Kier molecular flexibility index (Phi) is 4.40. The number of pyridine rings is 1. The van der Waals surface area contributed by atoms with Crippen molar-refractivity contribution < 1.29 is 14.3 Å². The molecule has 0 aliphatic carbocycles. The SMILES string of the molecule is CCOC(=O)c1nc2sc(-c3ccccc3)c(N)c2c2c1COC(C)(C)C2. The highest BCUT2D eigenvalue weighted by Gasteiger charge is 2.33. The second kappa shape index (κ2) is 6.62. The molecule has 140 valence electrons. The van der Waals surface area contributed by atoms with E-state index in [1.807, 2.05) is 44.2 Å². The van der Waals surface area contributed by atoms with Crippen LogP contribution in [0.25, 0.3) is 20.7 Å². The normalized spacial score (nSPS) is 15.5. The molecule has 2 aromatic heterocycles. The first-order chi connectivity index (χ1) is 12.9. The monoisotopic (exact) mass is 382 g/mol. The lowest BCUT2D eigenvalue weighted by atomic mass is 9.89. The van der Waals surface area contributed by atoms with Gasteiger partial charge in [-0.15, -0.1) is 11.3 Å². The zero-order chi connectivity index (χ0) is 19.2. The van der Waals surface area contributed by atoms with Crippen LogP contribution in [0.3, 0.4) is 0 Å². The minimum atomic E-state index is -0.410. The molecule has 0 saturated heterocycles. The number of aromatic nitrogens is 1. The molecule has 1 aliphatic rings. The van der Waals surface area contributed by atoms with E-state index >= 15 is 0 Å². The molecule has 6 heteroatoms. The van der Waals surface area contributed by atoms with Gasteiger partial charge in [-0.1, -0.05) is 30.3 Å². The number of carbonyl (C=O) groups excluding carboxylic acids is 1. The summed E-state index contributed by atoms with van der Waals surface area (Å²) in [6, 6.07) is 10.0. The van der Waals surface area contributed by atoms with E-state index in [0.717, 1.165) is 37.5 Å². The van der Waals surface area contributed by atoms with Gasteiger partial charge in [0.25, 0.3) is 0 Å². The number of nitrogen functional groups attached to an aromatic ring is 1. The highest BCUT2D eigenvalue weighted by atomic mass is 32.1. The molecule has 0 atom stereocenters. The van der Waals surface area contributed by atoms with Gasteiger partial charge < -0.3 is 15.2 Å². The van der Waals surface area contributed by atoms with Gasteiger partial charge in [-0.05, 0) is 31.9 Å². The molecule has 0 bridgehead atoms. The number of anilines is 1. The number of benzene rings is 1. The maximum atomic E-state index is 12.5. The van der Waals surface area contributed by atoms with Crippen molar-refractivity contribution >= 4 is 33.2 Å². The van der Waals surface area contributed by atoms with E-state index in [-0.39, 0.29) is 5.60 Å². The van der Waals surface area contributed by atoms with Gasteiger partial charge in [-0.25, -0.2) is 9.78 Å². The first-order valence-corrected chi connectivity index (χ1v) is 9.83. The number of carbonyl (C=O) groups is 1. The van der Waals surface area contributed by atoms with Crippen LogP contribution in [0.5, 0.6) is 0 Å². The molecular formula is C21H22N2O3S. The van der Waals surface area contributed by atoms with Crippen molar-refractivity contribution in [1.29, 1.82) is 0 Å². The number of hydrogen-bond acceptors (Lipinski definition) is 6. The Hall–Kier alpha value is -2.44. The van der Waals surface area contributed by atoms with Crippen molar-refractivity contribution in [3.05, 3.63) is 47.2 Å². The minimum Gasteiger partial charge on any atom is -0.461 e. The fourth-order valence-corrected chi connectivity index (χ4v) is 4.66. The van der Waals surface area contributed by atoms with Crippen LogP contribution >= 0.6 is 11.3 Å². The standard InChI is InChI=1S/C21H22N2O3S/c1-4-25-20(24)17-14-11-26-21(2,3)10-13(14)15-16(22)18(27-19(15)23-17)12-8-6-5-7-9-12/h5-9H,4,10-11,22H2,1-3H3. The molecule has 1 aliphatic heterocycles. The van der Waals surface area contributed by atoms with Crippen LogP contribution in [0, 0.1) is 0 Å². The number of hydrogen-bond donors (Lipinski definition) is 1. The Morgan fingerprint density at radius 1 is 1.30 bits per heavy atom. The summed E-state index contributed by atoms with van der Waals surface area (Å²) < 4.78 is 11.2. The maximum absolute atomic E-state index is 12.5. The molecule has 0 radical (unpaired) electrons. The number of esters is 1. The van der Waals surface area contributed by atoms with Gasteiger partial charge in [0, 0.05) is 17.4 Å². The molecule has 4 rings (SSSR count). The quantitative estimate of drug-likeness (QED) is 0.672. The van der Waals surface area contributed by atoms with Gasteiger partial charge in [0.15, 0.2) is 5.69 Å². The van der Waals surface area contributed by atoms with E-state index in [9.17, 15) is 4.79 Å². The first-order valence-electron chi connectivity index (χ1n) is 9.01. The molecule has 0 spiro atoms. The second-order valence-electron chi connectivity index (χ2n) is 7.25. The predicted molar refractivity (Wildman–Crippen MR) is 108 cm³/mol. The van der Waals surface area contributed by atoms with E-state index in [4.69, 9.17) is 15.2 Å². The Labute approximate surface area is 162 Å². The number of fused-ring (bicyclic) bond motifs is 3. The molecule has 0 unspecified atom stereocenters. The highest BCUT2D eigenvalue weighted by molar-refractivity contribution is 7.22. The average molecular weight is 382 g/mol. The van der Waals surface area contributed by atoms with E-state index in [0.29, 0.717) is 25.3 Å². The number of nitrogens with zero attached hydrogens (tertiary/aromatic N) is 1. The number of nitrogens with two attached hydrogens (primary N) is 1. The van der Waals surface area contributed by atoms with Crippen molar-refractivity contribution in [3.63, 3.8) is 0 Å². The third-order valence-electron chi connectivity index (χ3n) is 4.81. The van der Waals surface area contributed by atoms with E-state index in [1.54, 1.807) is 6.92 Å². The summed E-state index contributed by atoms with van der Waals surface area (Å²) in [5, 5.41) is 0.943. The fraction of sp³-hybridized carbons (Fsp3) is 0.333. The van der Waals surface area contributed by atoms with Gasteiger partial charge in [-0.3, -0.25) is 0 Å². The maximum Gasteiger partial charge on any atom is 0.357 e. The van der Waals surface area contributed by atoms with Crippen molar-refractivity contribution in [2.24, 2.45) is 0 Å². The highest BCUT2D eigenvalue weighted by Crippen LogP contribution is 2.45. The third kappa shape index (κ3) is 3.09. The summed E-state index contributed by atoms with van der Waals surface area (Å²) in [4.78, 5) is 18.9. The number of rotatable bonds is 3. The van der Waals surface area contributed by atoms with Crippen LogP contribution in [-0.2, 0) is 22.5 Å². The molecule has 27 heavy (non-hydrogen) atoms. The predicted octanol–water partition coefficient (Wildman–Crippen LogP) is 4.57. The summed E-state index contributed by atoms with van der Waals surface area (Å²) in [6.07, 6.45) is 0.670. The van der Waals surface area contributed by atoms with Crippen LogP contribution in [0.2, 0.25) is 0 Å². The molecule has 5 nitrogen and oxygen atoms in total. The van der Waals surface area contributed by atoms with Gasteiger partial charge in [0.1, 0.15) is 4.83 Å². The summed E-state index contributed by atoms with van der Waals surface area (Å²) in [5.74, 6) is -0.410. The van der Waals surface area contributed by atoms with Gasteiger partial charge in [0.2, 0.25) is 0 Å². The molecule has 3 aromatic rings. The molecule has 0 fully saturated rings. The lowest BCUT2D eigenvalue weighted by Gasteiger charge is -2.32. The van der Waals surface area contributed by atoms with E-state index < -0.39 is 5.97 Å². The Balaban J connectivity index is 1.99. The lowest BCUT2D eigenvalue weighted by molar-refractivity contribution is -0.0403. The molecular weight excluding hydrogens is 360 g/mol. The number of ether oxygens (including phenoxy) is 2. The van der Waals surface area contributed by atoms with Gasteiger partial charge in [-0.2, -0.15) is 0 Å². The summed E-state index contributed by atoms with van der Waals surface area (Å²) in [6.45, 7) is 6.52. The van der Waals surface area contributed by atoms with Gasteiger partial charge in [0.05, 0.1) is 29.4 Å². The number of thiophene rings is 1. The first kappa shape index (κ1) is 17.9. The molecule has 3 heterocycles. The van der Waals surface area contributed by atoms with Crippen molar-refractivity contribution in [1.82, 2.24) is 4.98 Å². The van der Waals surface area contributed by atoms with Crippen molar-refractivity contribution in [2.45, 2.75) is 39.4 Å². The summed E-state index contributed by atoms with van der Waals surface area (Å²) >= 11 is 1.51. The summed E-state index contributed by atoms with van der Waals surface area (Å²) in [7, 11) is 0. The molecule has 0 saturated carbocycles. The zero-order valence-corrected chi connectivity index (χ0v) is 16.5. The average Bonchev–Trinajstić information content (AvgIpc) is 2.98. The van der Waals surface area contributed by atoms with Crippen LogP contribution < -0.4 is 5.73 Å². The largest absolute Gasteiger partial charge is 0.461 e. The zero-order valence-electron chi connectivity index (χ0n) is 15.7. The van der Waals surface area contributed by atoms with Gasteiger partial charge >= 0.3 is 5.97 Å². The molecule has 2 N–H and O–H groups in total. The van der Waals surface area contributed by atoms with Crippen molar-refractivity contribution in [2.75, 3.05) is 12.3 Å². The minimum absolute atomic E-state index is 0.307. The third-order valence-corrected chi connectivity index (χ3v) is 5.95. The Morgan fingerprint density at radius 2 is 2.04 bits per heavy atom. The van der Waals surface area contributed by atoms with Crippen LogP contribution in [0.4, 0.5) is 5.69 Å². The topological polar surface area (TPSA) is 74.4 Å².